The van der Waals surface area contributed by atoms with Crippen LogP contribution in [0.2, 0.25) is 0 Å². The molecule has 2 aliphatic rings. The lowest BCUT2D eigenvalue weighted by Crippen LogP contribution is -2.33. The lowest BCUT2D eigenvalue weighted by atomic mass is 10.0. The molecule has 4 rings (SSSR count). The molecule has 0 aromatic heterocycles. The molecule has 0 spiro atoms. The van der Waals surface area contributed by atoms with Crippen LogP contribution in [0.1, 0.15) is 24.8 Å². The van der Waals surface area contributed by atoms with Gasteiger partial charge in [-0.05, 0) is 36.1 Å². The molecule has 0 unspecified atom stereocenters. The number of nitrogens with zero attached hydrogens (tertiary/aromatic N) is 1. The van der Waals surface area contributed by atoms with Crippen molar-refractivity contribution in [2.24, 2.45) is 0 Å². The van der Waals surface area contributed by atoms with E-state index in [-0.39, 0.29) is 0 Å². The molecule has 1 N–H and O–H groups in total. The molecule has 3 nitrogen and oxygen atoms in total. The van der Waals surface area contributed by atoms with Gasteiger partial charge in [0.05, 0.1) is 7.11 Å². The first-order chi connectivity index (χ1) is 10.8. The smallest absolute Gasteiger partial charge is 0.123 e. The number of benzene rings is 2. The molecule has 116 valence electrons. The summed E-state index contributed by atoms with van der Waals surface area (Å²) in [4.78, 5) is 2.65. The first-order valence-corrected chi connectivity index (χ1v) is 8.37. The maximum Gasteiger partial charge on any atom is 0.123 e. The zero-order valence-electron chi connectivity index (χ0n) is 13.2. The van der Waals surface area contributed by atoms with Crippen molar-refractivity contribution < 1.29 is 4.74 Å². The minimum absolute atomic E-state index is 0.615. The molecule has 0 amide bonds. The summed E-state index contributed by atoms with van der Waals surface area (Å²) in [5, 5.41) is 6.34. The van der Waals surface area contributed by atoms with Gasteiger partial charge in [0.25, 0.3) is 0 Å². The van der Waals surface area contributed by atoms with Crippen molar-refractivity contribution in [1.29, 1.82) is 0 Å². The summed E-state index contributed by atoms with van der Waals surface area (Å²) >= 11 is 0. The fraction of sp³-hybridized carbons (Fsp3) is 0.474. The van der Waals surface area contributed by atoms with Crippen LogP contribution in [0, 0.1) is 0 Å². The van der Waals surface area contributed by atoms with Gasteiger partial charge in [-0.3, -0.25) is 4.90 Å². The van der Waals surface area contributed by atoms with E-state index in [0.717, 1.165) is 18.3 Å². The number of ether oxygens (including phenoxy) is 1. The van der Waals surface area contributed by atoms with Crippen LogP contribution < -0.4 is 10.1 Å². The Labute approximate surface area is 132 Å². The van der Waals surface area contributed by atoms with Gasteiger partial charge in [-0.1, -0.05) is 30.3 Å². The van der Waals surface area contributed by atoms with E-state index in [1.54, 1.807) is 7.11 Å². The van der Waals surface area contributed by atoms with E-state index >= 15 is 0 Å². The van der Waals surface area contributed by atoms with E-state index in [9.17, 15) is 0 Å². The molecule has 1 aliphatic carbocycles. The Morgan fingerprint density at radius 3 is 2.82 bits per heavy atom. The van der Waals surface area contributed by atoms with Crippen molar-refractivity contribution in [3.63, 3.8) is 0 Å². The van der Waals surface area contributed by atoms with E-state index in [2.05, 4.69) is 46.6 Å². The number of fused-ring (bicyclic) bond motifs is 1. The highest BCUT2D eigenvalue weighted by atomic mass is 16.5. The van der Waals surface area contributed by atoms with Gasteiger partial charge in [0.1, 0.15) is 5.75 Å². The summed E-state index contributed by atoms with van der Waals surface area (Å²) in [7, 11) is 1.76. The summed E-state index contributed by atoms with van der Waals surface area (Å²) in [6, 6.07) is 14.3. The average molecular weight is 296 g/mol. The Balaban J connectivity index is 1.50. The van der Waals surface area contributed by atoms with Crippen molar-refractivity contribution in [3.8, 4) is 5.75 Å². The molecule has 2 aromatic rings. The summed E-state index contributed by atoms with van der Waals surface area (Å²) in [6.45, 7) is 3.35. The third-order valence-corrected chi connectivity index (χ3v) is 5.07. The number of rotatable bonds is 5. The summed E-state index contributed by atoms with van der Waals surface area (Å²) in [5.74, 6) is 0.989. The molecule has 1 heterocycles. The van der Waals surface area contributed by atoms with E-state index < -0.39 is 0 Å². The van der Waals surface area contributed by atoms with E-state index in [1.165, 1.54) is 48.7 Å². The molecular formula is C19H24N2O. The third kappa shape index (κ3) is 2.71. The van der Waals surface area contributed by atoms with Gasteiger partial charge < -0.3 is 10.1 Å². The quantitative estimate of drug-likeness (QED) is 0.917. The van der Waals surface area contributed by atoms with Gasteiger partial charge in [-0.25, -0.2) is 0 Å². The van der Waals surface area contributed by atoms with Crippen LogP contribution in [0.3, 0.4) is 0 Å². The van der Waals surface area contributed by atoms with Gasteiger partial charge >= 0.3 is 0 Å². The maximum absolute atomic E-state index is 5.59. The van der Waals surface area contributed by atoms with E-state index in [1.807, 2.05) is 0 Å². The fourth-order valence-electron chi connectivity index (χ4n) is 3.66. The highest BCUT2D eigenvalue weighted by Crippen LogP contribution is 2.31. The molecule has 1 aliphatic heterocycles. The Morgan fingerprint density at radius 1 is 1.14 bits per heavy atom. The average Bonchev–Trinajstić information content (AvgIpc) is 3.31. The zero-order valence-corrected chi connectivity index (χ0v) is 13.2. The number of methoxy groups -OCH3 is 1. The van der Waals surface area contributed by atoms with Crippen LogP contribution in [0.4, 0.5) is 0 Å². The normalized spacial score (nSPS) is 22.3. The second-order valence-corrected chi connectivity index (χ2v) is 6.56. The lowest BCUT2D eigenvalue weighted by Gasteiger charge is -2.18. The first kappa shape index (κ1) is 14.0. The van der Waals surface area contributed by atoms with Crippen molar-refractivity contribution in [2.75, 3.05) is 20.2 Å². The number of likely N-dealkylation sites (tertiary alicyclic amines) is 1. The lowest BCUT2D eigenvalue weighted by molar-refractivity contribution is 0.317. The van der Waals surface area contributed by atoms with E-state index in [4.69, 9.17) is 4.74 Å². The molecule has 2 aromatic carbocycles. The van der Waals surface area contributed by atoms with Crippen LogP contribution in [-0.2, 0) is 6.54 Å². The van der Waals surface area contributed by atoms with Crippen LogP contribution in [0.5, 0.6) is 5.75 Å². The molecule has 0 bridgehead atoms. The van der Waals surface area contributed by atoms with Crippen molar-refractivity contribution in [3.05, 3.63) is 42.0 Å². The molecule has 1 saturated heterocycles. The minimum atomic E-state index is 0.615. The Kier molecular flexibility index (Phi) is 3.77. The maximum atomic E-state index is 5.59. The topological polar surface area (TPSA) is 24.5 Å². The predicted molar refractivity (Wildman–Crippen MR) is 90.3 cm³/mol. The highest BCUT2D eigenvalue weighted by molar-refractivity contribution is 5.87. The summed E-state index contributed by atoms with van der Waals surface area (Å²) < 4.78 is 5.59. The summed E-state index contributed by atoms with van der Waals surface area (Å²) in [6.07, 6.45) is 4.08. The molecule has 0 radical (unpaired) electrons. The SMILES string of the molecule is COc1ccc2ccccc2c1CN[C@@H]1CCN(C2CC2)C1. The largest absolute Gasteiger partial charge is 0.496 e. The molecule has 2 fully saturated rings. The van der Waals surface area contributed by atoms with Crippen molar-refractivity contribution >= 4 is 10.8 Å². The summed E-state index contributed by atoms with van der Waals surface area (Å²) in [5.41, 5.74) is 1.28. The third-order valence-electron chi connectivity index (χ3n) is 5.07. The van der Waals surface area contributed by atoms with Gasteiger partial charge in [0.15, 0.2) is 0 Å². The van der Waals surface area contributed by atoms with Gasteiger partial charge in [0.2, 0.25) is 0 Å². The van der Waals surface area contributed by atoms with Gasteiger partial charge in [-0.15, -0.1) is 0 Å². The van der Waals surface area contributed by atoms with E-state index in [0.29, 0.717) is 6.04 Å². The first-order valence-electron chi connectivity index (χ1n) is 8.37. The number of hydrogen-bond donors (Lipinski definition) is 1. The standard InChI is InChI=1S/C19H24N2O/c1-22-19-9-6-14-4-2-3-5-17(14)18(19)12-20-15-10-11-21(13-15)16-7-8-16/h2-6,9,15-16,20H,7-8,10-13H2,1H3/t15-/m1/s1. The van der Waals surface area contributed by atoms with Gasteiger partial charge in [-0.2, -0.15) is 0 Å². The fourth-order valence-corrected chi connectivity index (χ4v) is 3.66. The Bertz CT molecular complexity index is 666. The van der Waals surface area contributed by atoms with Crippen LogP contribution in [-0.4, -0.2) is 37.2 Å². The van der Waals surface area contributed by atoms with Gasteiger partial charge in [0, 0.05) is 37.3 Å². The minimum Gasteiger partial charge on any atom is -0.496 e. The van der Waals surface area contributed by atoms with Crippen molar-refractivity contribution in [1.82, 2.24) is 10.2 Å². The second-order valence-electron chi connectivity index (χ2n) is 6.56. The Hall–Kier alpha value is -1.58. The van der Waals surface area contributed by atoms with Crippen LogP contribution in [0.15, 0.2) is 36.4 Å². The highest BCUT2D eigenvalue weighted by Gasteiger charge is 2.34. The number of hydrogen-bond acceptors (Lipinski definition) is 3. The zero-order chi connectivity index (χ0) is 14.9. The van der Waals surface area contributed by atoms with Crippen molar-refractivity contribution in [2.45, 2.75) is 37.9 Å². The van der Waals surface area contributed by atoms with Crippen LogP contribution in [0.25, 0.3) is 10.8 Å². The molecule has 3 heteroatoms. The monoisotopic (exact) mass is 296 g/mol. The van der Waals surface area contributed by atoms with Crippen LogP contribution >= 0.6 is 0 Å². The molecular weight excluding hydrogens is 272 g/mol. The second kappa shape index (κ2) is 5.90. The molecule has 22 heavy (non-hydrogen) atoms. The molecule has 1 atom stereocenters. The predicted octanol–water partition coefficient (Wildman–Crippen LogP) is 3.17. The number of nitrogens with one attached hydrogen (secondary N) is 1. The molecule has 1 saturated carbocycles. The Morgan fingerprint density at radius 2 is 2.00 bits per heavy atom.